The number of carbonyl (C=O) groups excluding carboxylic acids is 1. The molecule has 0 saturated carbocycles. The first kappa shape index (κ1) is 15.5. The molecule has 0 aromatic rings. The third-order valence-corrected chi connectivity index (χ3v) is 2.83. The summed E-state index contributed by atoms with van der Waals surface area (Å²) < 4.78 is 5.24. The Morgan fingerprint density at radius 1 is 1.06 bits per heavy atom. The van der Waals surface area contributed by atoms with Gasteiger partial charge < -0.3 is 4.74 Å². The molecule has 1 unspecified atom stereocenters. The van der Waals surface area contributed by atoms with Crippen molar-refractivity contribution in [2.75, 3.05) is 0 Å². The van der Waals surface area contributed by atoms with Crippen LogP contribution in [0.1, 0.15) is 72.6 Å². The van der Waals surface area contributed by atoms with Crippen LogP contribution in [0.25, 0.3) is 0 Å². The Hall–Kier alpha value is -0.530. The molecule has 0 aromatic heterocycles. The van der Waals surface area contributed by atoms with E-state index in [1.807, 2.05) is 13.8 Å². The minimum atomic E-state index is -0.00649. The monoisotopic (exact) mass is 228 g/mol. The van der Waals surface area contributed by atoms with E-state index < -0.39 is 0 Å². The Kier molecular flexibility index (Phi) is 9.36. The smallest absolute Gasteiger partial charge is 0.309 e. The zero-order chi connectivity index (χ0) is 12.4. The van der Waals surface area contributed by atoms with Gasteiger partial charge in [0.15, 0.2) is 0 Å². The van der Waals surface area contributed by atoms with E-state index in [2.05, 4.69) is 13.8 Å². The van der Waals surface area contributed by atoms with Crippen molar-refractivity contribution < 1.29 is 9.53 Å². The van der Waals surface area contributed by atoms with Crippen molar-refractivity contribution in [3.63, 3.8) is 0 Å². The Labute approximate surface area is 101 Å². The average molecular weight is 228 g/mol. The van der Waals surface area contributed by atoms with Crippen molar-refractivity contribution in [3.05, 3.63) is 0 Å². The second kappa shape index (κ2) is 9.68. The molecule has 0 N–H and O–H groups in total. The SMILES string of the molecule is CCCCCCCC(CC)C(=O)OC(C)C. The number of unbranched alkanes of at least 4 members (excludes halogenated alkanes) is 4. The second-order valence-electron chi connectivity index (χ2n) is 4.79. The summed E-state index contributed by atoms with van der Waals surface area (Å²) in [6, 6.07) is 0. The molecule has 0 amide bonds. The molecule has 0 radical (unpaired) electrons. The van der Waals surface area contributed by atoms with Crippen LogP contribution < -0.4 is 0 Å². The number of carbonyl (C=O) groups is 1. The van der Waals surface area contributed by atoms with Gasteiger partial charge in [0, 0.05) is 0 Å². The van der Waals surface area contributed by atoms with Crippen LogP contribution in [0.3, 0.4) is 0 Å². The van der Waals surface area contributed by atoms with Crippen LogP contribution in [-0.4, -0.2) is 12.1 Å². The molecule has 0 bridgehead atoms. The quantitative estimate of drug-likeness (QED) is 0.434. The van der Waals surface area contributed by atoms with Crippen molar-refractivity contribution in [2.24, 2.45) is 5.92 Å². The van der Waals surface area contributed by atoms with E-state index in [1.54, 1.807) is 0 Å². The molecule has 0 saturated heterocycles. The van der Waals surface area contributed by atoms with Gasteiger partial charge >= 0.3 is 5.97 Å². The van der Waals surface area contributed by atoms with Crippen molar-refractivity contribution in [1.29, 1.82) is 0 Å². The Morgan fingerprint density at radius 2 is 1.69 bits per heavy atom. The van der Waals surface area contributed by atoms with Crippen LogP contribution in [0.15, 0.2) is 0 Å². The van der Waals surface area contributed by atoms with E-state index in [-0.39, 0.29) is 18.0 Å². The van der Waals surface area contributed by atoms with Gasteiger partial charge in [-0.3, -0.25) is 4.79 Å². The molecule has 0 fully saturated rings. The number of hydrogen-bond acceptors (Lipinski definition) is 2. The maximum Gasteiger partial charge on any atom is 0.309 e. The first-order chi connectivity index (χ1) is 7.61. The van der Waals surface area contributed by atoms with Gasteiger partial charge in [0.1, 0.15) is 0 Å². The lowest BCUT2D eigenvalue weighted by Crippen LogP contribution is -2.20. The standard InChI is InChI=1S/C14H28O2/c1-5-7-8-9-10-11-13(6-2)14(15)16-12(3)4/h12-13H,5-11H2,1-4H3. The van der Waals surface area contributed by atoms with E-state index in [9.17, 15) is 4.79 Å². The fourth-order valence-corrected chi connectivity index (χ4v) is 1.81. The van der Waals surface area contributed by atoms with Gasteiger partial charge in [-0.15, -0.1) is 0 Å². The number of ether oxygens (including phenoxy) is 1. The summed E-state index contributed by atoms with van der Waals surface area (Å²) in [5.74, 6) is 0.108. The van der Waals surface area contributed by atoms with Gasteiger partial charge in [-0.1, -0.05) is 46.0 Å². The fourth-order valence-electron chi connectivity index (χ4n) is 1.81. The molecule has 1 atom stereocenters. The predicted molar refractivity (Wildman–Crippen MR) is 68.4 cm³/mol. The third-order valence-electron chi connectivity index (χ3n) is 2.83. The maximum atomic E-state index is 11.7. The Balaban J connectivity index is 3.69. The topological polar surface area (TPSA) is 26.3 Å². The number of rotatable bonds is 9. The van der Waals surface area contributed by atoms with Crippen LogP contribution in [0, 0.1) is 5.92 Å². The molecule has 16 heavy (non-hydrogen) atoms. The van der Waals surface area contributed by atoms with Crippen molar-refractivity contribution in [3.8, 4) is 0 Å². The van der Waals surface area contributed by atoms with Crippen LogP contribution in [0.5, 0.6) is 0 Å². The Bertz CT molecular complexity index is 176. The zero-order valence-corrected chi connectivity index (χ0v) is 11.4. The predicted octanol–water partition coefficient (Wildman–Crippen LogP) is 4.32. The third kappa shape index (κ3) is 7.72. The van der Waals surface area contributed by atoms with E-state index in [0.29, 0.717) is 0 Å². The van der Waals surface area contributed by atoms with Crippen molar-refractivity contribution in [2.45, 2.75) is 78.7 Å². The van der Waals surface area contributed by atoms with Crippen LogP contribution >= 0.6 is 0 Å². The normalized spacial score (nSPS) is 12.8. The molecular weight excluding hydrogens is 200 g/mol. The zero-order valence-electron chi connectivity index (χ0n) is 11.4. The summed E-state index contributed by atoms with van der Waals surface area (Å²) in [4.78, 5) is 11.7. The van der Waals surface area contributed by atoms with Crippen LogP contribution in [0.4, 0.5) is 0 Å². The Morgan fingerprint density at radius 3 is 2.19 bits per heavy atom. The summed E-state index contributed by atoms with van der Waals surface area (Å²) >= 11 is 0. The highest BCUT2D eigenvalue weighted by atomic mass is 16.5. The van der Waals surface area contributed by atoms with Crippen LogP contribution in [-0.2, 0) is 9.53 Å². The highest BCUT2D eigenvalue weighted by Gasteiger charge is 2.18. The van der Waals surface area contributed by atoms with E-state index in [0.717, 1.165) is 19.3 Å². The summed E-state index contributed by atoms with van der Waals surface area (Å²) in [5.41, 5.74) is 0. The van der Waals surface area contributed by atoms with Gasteiger partial charge in [-0.25, -0.2) is 0 Å². The molecule has 96 valence electrons. The first-order valence-corrected chi connectivity index (χ1v) is 6.82. The van der Waals surface area contributed by atoms with Gasteiger partial charge in [-0.05, 0) is 26.7 Å². The fraction of sp³-hybridized carbons (Fsp3) is 0.929. The first-order valence-electron chi connectivity index (χ1n) is 6.82. The molecular formula is C14H28O2. The maximum absolute atomic E-state index is 11.7. The molecule has 0 aliphatic rings. The van der Waals surface area contributed by atoms with Gasteiger partial charge in [0.05, 0.1) is 12.0 Å². The molecule has 0 rings (SSSR count). The molecule has 2 nitrogen and oxygen atoms in total. The van der Waals surface area contributed by atoms with Gasteiger partial charge in [0.25, 0.3) is 0 Å². The molecule has 0 aromatic carbocycles. The summed E-state index contributed by atoms with van der Waals surface area (Å²) in [7, 11) is 0. The highest BCUT2D eigenvalue weighted by Crippen LogP contribution is 2.17. The average Bonchev–Trinajstić information content (AvgIpc) is 2.22. The lowest BCUT2D eigenvalue weighted by Gasteiger charge is -2.15. The summed E-state index contributed by atoms with van der Waals surface area (Å²) in [6.45, 7) is 8.10. The number of hydrogen-bond donors (Lipinski definition) is 0. The second-order valence-corrected chi connectivity index (χ2v) is 4.79. The minimum absolute atomic E-state index is 0.00649. The summed E-state index contributed by atoms with van der Waals surface area (Å²) in [5, 5.41) is 0. The van der Waals surface area contributed by atoms with Crippen molar-refractivity contribution in [1.82, 2.24) is 0 Å². The molecule has 2 heteroatoms. The highest BCUT2D eigenvalue weighted by molar-refractivity contribution is 5.72. The van der Waals surface area contributed by atoms with E-state index in [4.69, 9.17) is 4.74 Å². The molecule has 0 aliphatic carbocycles. The van der Waals surface area contributed by atoms with Crippen LogP contribution in [0.2, 0.25) is 0 Å². The summed E-state index contributed by atoms with van der Waals surface area (Å²) in [6.07, 6.45) is 8.20. The van der Waals surface area contributed by atoms with E-state index >= 15 is 0 Å². The molecule has 0 heterocycles. The van der Waals surface area contributed by atoms with E-state index in [1.165, 1.54) is 25.7 Å². The van der Waals surface area contributed by atoms with Gasteiger partial charge in [-0.2, -0.15) is 0 Å². The lowest BCUT2D eigenvalue weighted by molar-refractivity contribution is -0.152. The largest absolute Gasteiger partial charge is 0.463 e. The minimum Gasteiger partial charge on any atom is -0.463 e. The van der Waals surface area contributed by atoms with Gasteiger partial charge in [0.2, 0.25) is 0 Å². The molecule has 0 aliphatic heterocycles. The lowest BCUT2D eigenvalue weighted by atomic mass is 9.98. The van der Waals surface area contributed by atoms with Crippen molar-refractivity contribution >= 4 is 5.97 Å². The molecule has 0 spiro atoms. The number of esters is 1.